The Kier molecular flexibility index (Phi) is 4.12. The van der Waals surface area contributed by atoms with Gasteiger partial charge in [0.25, 0.3) is 5.91 Å². The zero-order valence-corrected chi connectivity index (χ0v) is 14.0. The number of nitrogens with one attached hydrogen (secondary N) is 2. The van der Waals surface area contributed by atoms with Gasteiger partial charge in [-0.25, -0.2) is 4.79 Å². The van der Waals surface area contributed by atoms with Crippen LogP contribution < -0.4 is 11.1 Å². The zero-order valence-electron chi connectivity index (χ0n) is 11.6. The van der Waals surface area contributed by atoms with Crippen LogP contribution in [-0.2, 0) is 6.42 Å². The Balaban J connectivity index is 1.75. The number of aromatic nitrogens is 2. The fourth-order valence-corrected chi connectivity index (χ4v) is 3.79. The van der Waals surface area contributed by atoms with E-state index in [4.69, 9.17) is 0 Å². The van der Waals surface area contributed by atoms with Crippen molar-refractivity contribution in [1.29, 1.82) is 0 Å². The Morgan fingerprint density at radius 1 is 1.55 bits per heavy atom. The summed E-state index contributed by atoms with van der Waals surface area (Å²) in [4.78, 5) is 25.7. The fraction of sp³-hybridized carbons (Fsp3) is 0.214. The van der Waals surface area contributed by atoms with Crippen molar-refractivity contribution < 1.29 is 9.32 Å². The molecule has 114 valence electrons. The van der Waals surface area contributed by atoms with E-state index in [2.05, 4.69) is 35.9 Å². The summed E-state index contributed by atoms with van der Waals surface area (Å²) in [5.74, 6) is -0.333. The molecule has 8 heteroatoms. The molecule has 2 heterocycles. The molecule has 1 unspecified atom stereocenters. The van der Waals surface area contributed by atoms with Crippen molar-refractivity contribution in [2.75, 3.05) is 0 Å². The maximum absolute atomic E-state index is 12.4. The predicted octanol–water partition coefficient (Wildman–Crippen LogP) is 2.70. The molecule has 22 heavy (non-hydrogen) atoms. The lowest BCUT2D eigenvalue weighted by molar-refractivity contribution is 0.0941. The van der Waals surface area contributed by atoms with E-state index >= 15 is 0 Å². The second-order valence-electron chi connectivity index (χ2n) is 4.89. The summed E-state index contributed by atoms with van der Waals surface area (Å²) in [6, 6.07) is 5.59. The van der Waals surface area contributed by atoms with Gasteiger partial charge in [-0.2, -0.15) is 0 Å². The maximum atomic E-state index is 12.4. The van der Waals surface area contributed by atoms with Crippen LogP contribution in [-0.4, -0.2) is 22.1 Å². The summed E-state index contributed by atoms with van der Waals surface area (Å²) in [5.41, 5.74) is 0.641. The standard InChI is InChI=1S/C14H12BrN3O3S/c1-7(5-11-17-14(20)21-18-11)16-13(19)9-6-22-12-8(9)3-2-4-10(12)15/h2-4,6-7H,5H2,1H3,(H,16,19)(H,17,18,20). The van der Waals surface area contributed by atoms with Crippen LogP contribution in [0.4, 0.5) is 0 Å². The van der Waals surface area contributed by atoms with Crippen molar-refractivity contribution in [3.63, 3.8) is 0 Å². The molecule has 0 aliphatic rings. The molecule has 0 saturated heterocycles. The fourth-order valence-electron chi connectivity index (χ4n) is 2.19. The molecule has 3 rings (SSSR count). The number of fused-ring (bicyclic) bond motifs is 1. The monoisotopic (exact) mass is 381 g/mol. The SMILES string of the molecule is CC(Cc1noc(=O)[nH]1)NC(=O)c1csc2c(Br)cccc12. The minimum absolute atomic E-state index is 0.150. The van der Waals surface area contributed by atoms with Gasteiger partial charge in [-0.1, -0.05) is 17.3 Å². The van der Waals surface area contributed by atoms with Crippen molar-refractivity contribution in [2.45, 2.75) is 19.4 Å². The summed E-state index contributed by atoms with van der Waals surface area (Å²) in [5, 5.41) is 9.25. The molecule has 0 fully saturated rings. The van der Waals surface area contributed by atoms with E-state index in [9.17, 15) is 9.59 Å². The molecule has 0 radical (unpaired) electrons. The van der Waals surface area contributed by atoms with Gasteiger partial charge in [0, 0.05) is 32.4 Å². The normalized spacial score (nSPS) is 12.5. The number of halogens is 1. The van der Waals surface area contributed by atoms with Crippen LogP contribution in [0.3, 0.4) is 0 Å². The maximum Gasteiger partial charge on any atom is 0.438 e. The average molecular weight is 382 g/mol. The van der Waals surface area contributed by atoms with Crippen molar-refractivity contribution in [1.82, 2.24) is 15.5 Å². The quantitative estimate of drug-likeness (QED) is 0.726. The van der Waals surface area contributed by atoms with Gasteiger partial charge in [0.05, 0.1) is 5.56 Å². The topological polar surface area (TPSA) is 88.0 Å². The van der Waals surface area contributed by atoms with E-state index < -0.39 is 5.76 Å². The minimum atomic E-state index is -0.595. The van der Waals surface area contributed by atoms with Crippen molar-refractivity contribution in [2.24, 2.45) is 0 Å². The van der Waals surface area contributed by atoms with Crippen LogP contribution in [0.25, 0.3) is 10.1 Å². The molecular weight excluding hydrogens is 370 g/mol. The highest BCUT2D eigenvalue weighted by atomic mass is 79.9. The number of thiophene rings is 1. The number of H-pyrrole nitrogens is 1. The Morgan fingerprint density at radius 2 is 2.36 bits per heavy atom. The van der Waals surface area contributed by atoms with Gasteiger partial charge in [0.1, 0.15) is 0 Å². The summed E-state index contributed by atoms with van der Waals surface area (Å²) >= 11 is 5.00. The number of carbonyl (C=O) groups excluding carboxylic acids is 1. The Bertz CT molecular complexity index is 883. The lowest BCUT2D eigenvalue weighted by atomic mass is 10.1. The molecule has 1 amide bonds. The Hall–Kier alpha value is -1.93. The van der Waals surface area contributed by atoms with E-state index in [1.807, 2.05) is 30.5 Å². The number of benzene rings is 1. The van der Waals surface area contributed by atoms with Crippen molar-refractivity contribution in [3.8, 4) is 0 Å². The summed E-state index contributed by atoms with van der Waals surface area (Å²) in [7, 11) is 0. The molecule has 0 spiro atoms. The van der Waals surface area contributed by atoms with Gasteiger partial charge in [-0.05, 0) is 28.9 Å². The van der Waals surface area contributed by atoms with Gasteiger partial charge in [-0.3, -0.25) is 14.3 Å². The van der Waals surface area contributed by atoms with Gasteiger partial charge in [0.15, 0.2) is 5.82 Å². The smallest absolute Gasteiger partial charge is 0.349 e. The number of hydrogen-bond acceptors (Lipinski definition) is 5. The van der Waals surface area contributed by atoms with E-state index in [1.165, 1.54) is 11.3 Å². The first kappa shape index (κ1) is 15.0. The molecule has 1 atom stereocenters. The highest BCUT2D eigenvalue weighted by Crippen LogP contribution is 2.32. The molecule has 0 aliphatic carbocycles. The first-order valence-electron chi connectivity index (χ1n) is 6.56. The number of rotatable bonds is 4. The van der Waals surface area contributed by atoms with Crippen molar-refractivity contribution >= 4 is 43.3 Å². The first-order valence-corrected chi connectivity index (χ1v) is 8.23. The van der Waals surface area contributed by atoms with Gasteiger partial charge < -0.3 is 5.32 Å². The zero-order chi connectivity index (χ0) is 15.7. The molecule has 2 N–H and O–H groups in total. The van der Waals surface area contributed by atoms with Crippen LogP contribution in [0, 0.1) is 0 Å². The minimum Gasteiger partial charge on any atom is -0.349 e. The number of nitrogens with zero attached hydrogens (tertiary/aromatic N) is 1. The number of hydrogen-bond donors (Lipinski definition) is 2. The summed E-state index contributed by atoms with van der Waals surface area (Å²) in [6.07, 6.45) is 0.392. The van der Waals surface area contributed by atoms with Crippen LogP contribution in [0.15, 0.2) is 37.4 Å². The Labute approximate surface area is 137 Å². The molecule has 0 aliphatic heterocycles. The van der Waals surface area contributed by atoms with Crippen LogP contribution in [0.2, 0.25) is 0 Å². The number of aromatic amines is 1. The highest BCUT2D eigenvalue weighted by molar-refractivity contribution is 9.10. The molecular formula is C14H12BrN3O3S. The average Bonchev–Trinajstić information content (AvgIpc) is 3.06. The van der Waals surface area contributed by atoms with E-state index in [0.717, 1.165) is 14.6 Å². The molecule has 2 aromatic heterocycles. The molecule has 1 aromatic carbocycles. The summed E-state index contributed by atoms with van der Waals surface area (Å²) < 4.78 is 6.45. The van der Waals surface area contributed by atoms with Gasteiger partial charge in [0.2, 0.25) is 0 Å². The van der Waals surface area contributed by atoms with Crippen molar-refractivity contribution in [3.05, 3.63) is 50.0 Å². The third kappa shape index (κ3) is 2.97. The predicted molar refractivity (Wildman–Crippen MR) is 87.3 cm³/mol. The highest BCUT2D eigenvalue weighted by Gasteiger charge is 2.16. The molecule has 3 aromatic rings. The third-order valence-electron chi connectivity index (χ3n) is 3.16. The van der Waals surface area contributed by atoms with E-state index in [1.54, 1.807) is 0 Å². The second-order valence-corrected chi connectivity index (χ2v) is 6.62. The molecule has 0 bridgehead atoms. The third-order valence-corrected chi connectivity index (χ3v) is 5.11. The molecule has 6 nitrogen and oxygen atoms in total. The molecule has 0 saturated carbocycles. The number of carbonyl (C=O) groups is 1. The van der Waals surface area contributed by atoms with Crippen LogP contribution >= 0.6 is 27.3 Å². The largest absolute Gasteiger partial charge is 0.438 e. The van der Waals surface area contributed by atoms with Crippen LogP contribution in [0.1, 0.15) is 23.1 Å². The van der Waals surface area contributed by atoms with Gasteiger partial charge >= 0.3 is 5.76 Å². The first-order chi connectivity index (χ1) is 10.5. The van der Waals surface area contributed by atoms with E-state index in [0.29, 0.717) is 17.8 Å². The van der Waals surface area contributed by atoms with Gasteiger partial charge in [-0.15, -0.1) is 11.3 Å². The number of amides is 1. The second kappa shape index (κ2) is 6.05. The summed E-state index contributed by atoms with van der Waals surface area (Å²) in [6.45, 7) is 1.84. The lowest BCUT2D eigenvalue weighted by Gasteiger charge is -2.11. The van der Waals surface area contributed by atoms with Crippen LogP contribution in [0.5, 0.6) is 0 Å². The van der Waals surface area contributed by atoms with E-state index in [-0.39, 0.29) is 11.9 Å². The lowest BCUT2D eigenvalue weighted by Crippen LogP contribution is -2.34. The Morgan fingerprint density at radius 3 is 3.09 bits per heavy atom.